The van der Waals surface area contributed by atoms with Gasteiger partial charge in [0.1, 0.15) is 0 Å². The molecule has 2 rings (SSSR count). The summed E-state index contributed by atoms with van der Waals surface area (Å²) in [6.45, 7) is 3.00. The van der Waals surface area contributed by atoms with Crippen LogP contribution in [0.4, 0.5) is 0 Å². The molecule has 20 heavy (non-hydrogen) atoms. The van der Waals surface area contributed by atoms with E-state index >= 15 is 0 Å². The van der Waals surface area contributed by atoms with Gasteiger partial charge in [0.15, 0.2) is 5.82 Å². The van der Waals surface area contributed by atoms with Gasteiger partial charge in [-0.2, -0.15) is 9.90 Å². The van der Waals surface area contributed by atoms with Gasteiger partial charge in [-0.3, -0.25) is 0 Å². The van der Waals surface area contributed by atoms with Crippen LogP contribution in [0, 0.1) is 0 Å². The van der Waals surface area contributed by atoms with E-state index in [1.54, 1.807) is 20.2 Å². The Bertz CT molecular complexity index is 525. The minimum atomic E-state index is 0.0116. The molecule has 0 saturated heterocycles. The fourth-order valence-electron chi connectivity index (χ4n) is 1.81. The number of aromatic nitrogens is 6. The Morgan fingerprint density at radius 3 is 2.70 bits per heavy atom. The molecule has 1 unspecified atom stereocenters. The molecule has 1 N–H and O–H groups in total. The van der Waals surface area contributed by atoms with Crippen molar-refractivity contribution >= 4 is 0 Å². The Morgan fingerprint density at radius 1 is 1.30 bits per heavy atom. The van der Waals surface area contributed by atoms with Crippen molar-refractivity contribution in [3.05, 3.63) is 23.7 Å². The quantitative estimate of drug-likeness (QED) is 0.778. The van der Waals surface area contributed by atoms with Gasteiger partial charge in [0.25, 0.3) is 0 Å². The molecule has 0 aliphatic carbocycles. The highest BCUT2D eigenvalue weighted by molar-refractivity contribution is 5.15. The van der Waals surface area contributed by atoms with Crippen molar-refractivity contribution in [2.24, 2.45) is 7.05 Å². The van der Waals surface area contributed by atoms with Gasteiger partial charge >= 0.3 is 0 Å². The molecule has 2 aromatic rings. The molecule has 2 aromatic heterocycles. The third-order valence-electron chi connectivity index (χ3n) is 2.80. The molecule has 2 heterocycles. The molecular formula is C12H19N7O. The maximum absolute atomic E-state index is 5.02. The SMILES string of the molecule is CCCNC(Cc1nnn(C)n1)c1ccc(OC)nn1. The lowest BCUT2D eigenvalue weighted by atomic mass is 10.1. The zero-order valence-corrected chi connectivity index (χ0v) is 11.9. The van der Waals surface area contributed by atoms with Crippen molar-refractivity contribution in [1.82, 2.24) is 35.7 Å². The summed E-state index contributed by atoms with van der Waals surface area (Å²) in [5.74, 6) is 1.18. The Balaban J connectivity index is 2.12. The molecule has 0 saturated carbocycles. The van der Waals surface area contributed by atoms with Crippen LogP contribution in [0.1, 0.15) is 30.9 Å². The molecule has 0 spiro atoms. The molecule has 0 aromatic carbocycles. The average molecular weight is 277 g/mol. The number of rotatable bonds is 7. The molecule has 0 amide bonds. The maximum Gasteiger partial charge on any atom is 0.233 e. The second-order valence-corrected chi connectivity index (χ2v) is 4.41. The van der Waals surface area contributed by atoms with Crippen molar-refractivity contribution < 1.29 is 4.74 Å². The minimum absolute atomic E-state index is 0.0116. The molecule has 0 fully saturated rings. The van der Waals surface area contributed by atoms with Crippen LogP contribution in [0.25, 0.3) is 0 Å². The lowest BCUT2D eigenvalue weighted by Gasteiger charge is -2.15. The van der Waals surface area contributed by atoms with Crippen molar-refractivity contribution in [2.45, 2.75) is 25.8 Å². The lowest BCUT2D eigenvalue weighted by molar-refractivity contribution is 0.388. The number of nitrogens with zero attached hydrogens (tertiary/aromatic N) is 6. The first-order chi connectivity index (χ1) is 9.72. The molecular weight excluding hydrogens is 258 g/mol. The Hall–Kier alpha value is -2.09. The Labute approximate surface area is 117 Å². The number of methoxy groups -OCH3 is 1. The normalized spacial score (nSPS) is 12.3. The number of hydrogen-bond acceptors (Lipinski definition) is 7. The molecule has 0 bridgehead atoms. The van der Waals surface area contributed by atoms with Crippen LogP contribution in [-0.4, -0.2) is 44.1 Å². The van der Waals surface area contributed by atoms with E-state index in [9.17, 15) is 0 Å². The number of hydrogen-bond donors (Lipinski definition) is 1. The Morgan fingerprint density at radius 2 is 2.15 bits per heavy atom. The van der Waals surface area contributed by atoms with Crippen LogP contribution >= 0.6 is 0 Å². The summed E-state index contributed by atoms with van der Waals surface area (Å²) in [4.78, 5) is 1.45. The minimum Gasteiger partial charge on any atom is -0.480 e. The molecule has 8 heteroatoms. The van der Waals surface area contributed by atoms with E-state index in [1.807, 2.05) is 6.07 Å². The third kappa shape index (κ3) is 3.70. The van der Waals surface area contributed by atoms with Gasteiger partial charge in [-0.25, -0.2) is 0 Å². The maximum atomic E-state index is 5.02. The van der Waals surface area contributed by atoms with E-state index in [-0.39, 0.29) is 6.04 Å². The van der Waals surface area contributed by atoms with Gasteiger partial charge in [-0.1, -0.05) is 6.92 Å². The summed E-state index contributed by atoms with van der Waals surface area (Å²) in [5, 5.41) is 23.7. The van der Waals surface area contributed by atoms with E-state index in [0.717, 1.165) is 18.7 Å². The van der Waals surface area contributed by atoms with Crippen LogP contribution < -0.4 is 10.1 Å². The highest BCUT2D eigenvalue weighted by Gasteiger charge is 2.16. The van der Waals surface area contributed by atoms with E-state index in [2.05, 4.69) is 37.8 Å². The van der Waals surface area contributed by atoms with Gasteiger partial charge in [0.05, 0.1) is 25.9 Å². The number of tetrazole rings is 1. The largest absolute Gasteiger partial charge is 0.480 e. The zero-order valence-electron chi connectivity index (χ0n) is 11.9. The van der Waals surface area contributed by atoms with Crippen LogP contribution in [0.2, 0.25) is 0 Å². The topological polar surface area (TPSA) is 90.6 Å². The van der Waals surface area contributed by atoms with Gasteiger partial charge in [0.2, 0.25) is 5.88 Å². The first-order valence-electron chi connectivity index (χ1n) is 6.56. The number of aryl methyl sites for hydroxylation is 1. The molecule has 108 valence electrons. The van der Waals surface area contributed by atoms with Crippen LogP contribution in [0.5, 0.6) is 5.88 Å². The number of ether oxygens (including phenoxy) is 1. The van der Waals surface area contributed by atoms with Gasteiger partial charge in [0, 0.05) is 12.5 Å². The second kappa shape index (κ2) is 6.90. The predicted molar refractivity (Wildman–Crippen MR) is 72.1 cm³/mol. The summed E-state index contributed by atoms with van der Waals surface area (Å²) < 4.78 is 5.02. The van der Waals surface area contributed by atoms with Gasteiger partial charge in [-0.15, -0.1) is 15.3 Å². The van der Waals surface area contributed by atoms with E-state index in [1.165, 1.54) is 4.80 Å². The summed E-state index contributed by atoms with van der Waals surface area (Å²) in [5.41, 5.74) is 0.840. The standard InChI is InChI=1S/C12H19N7O/c1-4-7-13-10(8-11-15-18-19(2)17-11)9-5-6-12(20-3)16-14-9/h5-6,10,13H,4,7-8H2,1-3H3. The summed E-state index contributed by atoms with van der Waals surface area (Å²) in [7, 11) is 3.32. The molecule has 0 aliphatic heterocycles. The average Bonchev–Trinajstić information content (AvgIpc) is 2.89. The van der Waals surface area contributed by atoms with Crippen molar-refractivity contribution in [3.63, 3.8) is 0 Å². The lowest BCUT2D eigenvalue weighted by Crippen LogP contribution is -2.25. The fraction of sp³-hybridized carbons (Fsp3) is 0.583. The molecule has 8 nitrogen and oxygen atoms in total. The number of nitrogens with one attached hydrogen (secondary N) is 1. The summed E-state index contributed by atoms with van der Waals surface area (Å²) in [6, 6.07) is 3.71. The van der Waals surface area contributed by atoms with Crippen molar-refractivity contribution in [2.75, 3.05) is 13.7 Å². The monoisotopic (exact) mass is 277 g/mol. The van der Waals surface area contributed by atoms with E-state index < -0.39 is 0 Å². The Kier molecular flexibility index (Phi) is 4.94. The van der Waals surface area contributed by atoms with Crippen molar-refractivity contribution in [3.8, 4) is 5.88 Å². The van der Waals surface area contributed by atoms with Crippen LogP contribution in [0.15, 0.2) is 12.1 Å². The predicted octanol–water partition coefficient (Wildman–Crippen LogP) is 0.292. The smallest absolute Gasteiger partial charge is 0.233 e. The van der Waals surface area contributed by atoms with E-state index in [4.69, 9.17) is 4.74 Å². The second-order valence-electron chi connectivity index (χ2n) is 4.41. The van der Waals surface area contributed by atoms with Gasteiger partial charge < -0.3 is 10.1 Å². The molecule has 1 atom stereocenters. The van der Waals surface area contributed by atoms with E-state index in [0.29, 0.717) is 18.1 Å². The first-order valence-corrected chi connectivity index (χ1v) is 6.56. The summed E-state index contributed by atoms with van der Waals surface area (Å²) >= 11 is 0. The highest BCUT2D eigenvalue weighted by atomic mass is 16.5. The van der Waals surface area contributed by atoms with Crippen molar-refractivity contribution in [1.29, 1.82) is 0 Å². The van der Waals surface area contributed by atoms with Crippen LogP contribution in [-0.2, 0) is 13.5 Å². The highest BCUT2D eigenvalue weighted by Crippen LogP contribution is 2.15. The fourth-order valence-corrected chi connectivity index (χ4v) is 1.81. The zero-order chi connectivity index (χ0) is 14.4. The van der Waals surface area contributed by atoms with Crippen LogP contribution in [0.3, 0.4) is 0 Å². The van der Waals surface area contributed by atoms with Gasteiger partial charge in [-0.05, 0) is 24.2 Å². The summed E-state index contributed by atoms with van der Waals surface area (Å²) in [6.07, 6.45) is 1.66. The first kappa shape index (κ1) is 14.3. The molecule has 0 aliphatic rings. The molecule has 0 radical (unpaired) electrons. The third-order valence-corrected chi connectivity index (χ3v) is 2.80.